The predicted octanol–water partition coefficient (Wildman–Crippen LogP) is 3.01. The van der Waals surface area contributed by atoms with Crippen molar-refractivity contribution in [3.63, 3.8) is 0 Å². The standard InChI is InChI=1S/C15H16N2O/c1-11-5-7-12(8-6-11)15-16-13(10-18)14-4-2-3-9-17(14)15/h5-8,10H,2-4,9H2,1H3. The number of hydrogen-bond acceptors (Lipinski definition) is 2. The quantitative estimate of drug-likeness (QED) is 0.756. The smallest absolute Gasteiger partial charge is 0.170 e. The number of rotatable bonds is 2. The summed E-state index contributed by atoms with van der Waals surface area (Å²) in [5.41, 5.74) is 4.05. The lowest BCUT2D eigenvalue weighted by molar-refractivity contribution is 0.111. The van der Waals surface area contributed by atoms with Gasteiger partial charge in [0, 0.05) is 17.8 Å². The number of benzene rings is 1. The van der Waals surface area contributed by atoms with Gasteiger partial charge < -0.3 is 4.57 Å². The van der Waals surface area contributed by atoms with Gasteiger partial charge in [0.05, 0.1) is 0 Å². The molecule has 18 heavy (non-hydrogen) atoms. The van der Waals surface area contributed by atoms with Crippen LogP contribution in [0.25, 0.3) is 11.4 Å². The van der Waals surface area contributed by atoms with Crippen molar-refractivity contribution in [2.24, 2.45) is 0 Å². The Balaban J connectivity index is 2.14. The van der Waals surface area contributed by atoms with Crippen molar-refractivity contribution in [1.29, 1.82) is 0 Å². The maximum absolute atomic E-state index is 11.1. The zero-order valence-electron chi connectivity index (χ0n) is 10.5. The van der Waals surface area contributed by atoms with Crippen molar-refractivity contribution in [3.05, 3.63) is 41.2 Å². The Morgan fingerprint density at radius 1 is 1.22 bits per heavy atom. The Bertz CT molecular complexity index is 581. The zero-order chi connectivity index (χ0) is 12.5. The summed E-state index contributed by atoms with van der Waals surface area (Å²) in [5, 5.41) is 0. The molecule has 0 saturated heterocycles. The minimum Gasteiger partial charge on any atom is -0.327 e. The number of aromatic nitrogens is 2. The first-order chi connectivity index (χ1) is 8.79. The van der Waals surface area contributed by atoms with E-state index >= 15 is 0 Å². The number of nitrogens with zero attached hydrogens (tertiary/aromatic N) is 2. The molecule has 0 saturated carbocycles. The predicted molar refractivity (Wildman–Crippen MR) is 70.7 cm³/mol. The SMILES string of the molecule is Cc1ccc(-c2nc(C=O)c3n2CCCC3)cc1. The van der Waals surface area contributed by atoms with Crippen molar-refractivity contribution in [2.75, 3.05) is 0 Å². The highest BCUT2D eigenvalue weighted by molar-refractivity contribution is 5.76. The largest absolute Gasteiger partial charge is 0.327 e. The average Bonchev–Trinajstić information content (AvgIpc) is 2.79. The van der Waals surface area contributed by atoms with Crippen molar-refractivity contribution in [2.45, 2.75) is 32.7 Å². The average molecular weight is 240 g/mol. The third kappa shape index (κ3) is 1.76. The molecule has 0 atom stereocenters. The summed E-state index contributed by atoms with van der Waals surface area (Å²) in [5.74, 6) is 0.937. The van der Waals surface area contributed by atoms with Gasteiger partial charge in [-0.05, 0) is 26.2 Å². The topological polar surface area (TPSA) is 34.9 Å². The molecule has 0 N–H and O–H groups in total. The molecule has 0 unspecified atom stereocenters. The van der Waals surface area contributed by atoms with Crippen LogP contribution < -0.4 is 0 Å². The van der Waals surface area contributed by atoms with E-state index < -0.39 is 0 Å². The molecule has 92 valence electrons. The fraction of sp³-hybridized carbons (Fsp3) is 0.333. The van der Waals surface area contributed by atoms with E-state index in [2.05, 4.69) is 40.7 Å². The molecule has 2 heterocycles. The molecule has 0 fully saturated rings. The van der Waals surface area contributed by atoms with Gasteiger partial charge >= 0.3 is 0 Å². The van der Waals surface area contributed by atoms with Crippen LogP contribution in [-0.4, -0.2) is 15.8 Å². The molecule has 0 bridgehead atoms. The number of aryl methyl sites for hydroxylation is 1. The van der Waals surface area contributed by atoms with Gasteiger partial charge in [-0.1, -0.05) is 29.8 Å². The van der Waals surface area contributed by atoms with Gasteiger partial charge in [-0.15, -0.1) is 0 Å². The highest BCUT2D eigenvalue weighted by Crippen LogP contribution is 2.26. The monoisotopic (exact) mass is 240 g/mol. The van der Waals surface area contributed by atoms with Gasteiger partial charge in [-0.2, -0.15) is 0 Å². The van der Waals surface area contributed by atoms with E-state index in [-0.39, 0.29) is 0 Å². The zero-order valence-corrected chi connectivity index (χ0v) is 10.5. The van der Waals surface area contributed by atoms with Gasteiger partial charge in [0.1, 0.15) is 11.5 Å². The number of imidazole rings is 1. The Hall–Kier alpha value is -1.90. The van der Waals surface area contributed by atoms with Crippen LogP contribution in [0, 0.1) is 6.92 Å². The molecule has 3 rings (SSSR count). The van der Waals surface area contributed by atoms with Gasteiger partial charge in [-0.25, -0.2) is 4.98 Å². The highest BCUT2D eigenvalue weighted by atomic mass is 16.1. The third-order valence-electron chi connectivity index (χ3n) is 3.57. The van der Waals surface area contributed by atoms with Gasteiger partial charge in [0.2, 0.25) is 0 Å². The van der Waals surface area contributed by atoms with Crippen LogP contribution in [0.4, 0.5) is 0 Å². The van der Waals surface area contributed by atoms with E-state index in [1.54, 1.807) is 0 Å². The second kappa shape index (κ2) is 4.41. The number of hydrogen-bond donors (Lipinski definition) is 0. The number of carbonyl (C=O) groups is 1. The maximum atomic E-state index is 11.1. The summed E-state index contributed by atoms with van der Waals surface area (Å²) >= 11 is 0. The lowest BCUT2D eigenvalue weighted by Gasteiger charge is -2.16. The Labute approximate surface area is 106 Å². The molecule has 3 nitrogen and oxygen atoms in total. The van der Waals surface area contributed by atoms with E-state index in [1.807, 2.05) is 0 Å². The summed E-state index contributed by atoms with van der Waals surface area (Å²) in [6, 6.07) is 8.32. The minimum atomic E-state index is 0.616. The summed E-state index contributed by atoms with van der Waals surface area (Å²) in [7, 11) is 0. The summed E-state index contributed by atoms with van der Waals surface area (Å²) in [4.78, 5) is 15.6. The van der Waals surface area contributed by atoms with E-state index in [0.717, 1.165) is 42.8 Å². The molecular formula is C15H16N2O. The molecular weight excluding hydrogens is 224 g/mol. The molecule has 0 amide bonds. The second-order valence-electron chi connectivity index (χ2n) is 4.86. The van der Waals surface area contributed by atoms with Crippen LogP contribution in [0.2, 0.25) is 0 Å². The fourth-order valence-corrected chi connectivity index (χ4v) is 2.59. The van der Waals surface area contributed by atoms with E-state index in [0.29, 0.717) is 5.69 Å². The lowest BCUT2D eigenvalue weighted by Crippen LogP contribution is -2.11. The second-order valence-corrected chi connectivity index (χ2v) is 4.86. The van der Waals surface area contributed by atoms with Crippen LogP contribution in [0.15, 0.2) is 24.3 Å². The Morgan fingerprint density at radius 2 is 2.00 bits per heavy atom. The first kappa shape index (κ1) is 11.2. The van der Waals surface area contributed by atoms with Gasteiger partial charge in [0.15, 0.2) is 6.29 Å². The van der Waals surface area contributed by atoms with Crippen LogP contribution in [0.3, 0.4) is 0 Å². The molecule has 1 aromatic carbocycles. The van der Waals surface area contributed by atoms with Crippen LogP contribution in [0.1, 0.15) is 34.6 Å². The van der Waals surface area contributed by atoms with Crippen molar-refractivity contribution in [3.8, 4) is 11.4 Å². The first-order valence-electron chi connectivity index (χ1n) is 6.41. The molecule has 0 aliphatic carbocycles. The molecule has 0 spiro atoms. The minimum absolute atomic E-state index is 0.616. The number of carbonyl (C=O) groups excluding carboxylic acids is 1. The lowest BCUT2D eigenvalue weighted by atomic mass is 10.1. The van der Waals surface area contributed by atoms with Crippen molar-refractivity contribution >= 4 is 6.29 Å². The Kier molecular flexibility index (Phi) is 2.74. The molecule has 3 heteroatoms. The Morgan fingerprint density at radius 3 is 2.72 bits per heavy atom. The summed E-state index contributed by atoms with van der Waals surface area (Å²) in [6.45, 7) is 3.04. The van der Waals surface area contributed by atoms with E-state index in [1.165, 1.54) is 12.0 Å². The van der Waals surface area contributed by atoms with E-state index in [4.69, 9.17) is 0 Å². The molecule has 1 aromatic heterocycles. The van der Waals surface area contributed by atoms with E-state index in [9.17, 15) is 4.79 Å². The molecule has 1 aliphatic heterocycles. The van der Waals surface area contributed by atoms with Crippen LogP contribution in [-0.2, 0) is 13.0 Å². The van der Waals surface area contributed by atoms with Crippen LogP contribution in [0.5, 0.6) is 0 Å². The van der Waals surface area contributed by atoms with Crippen LogP contribution >= 0.6 is 0 Å². The number of fused-ring (bicyclic) bond motifs is 1. The molecule has 0 radical (unpaired) electrons. The van der Waals surface area contributed by atoms with Crippen molar-refractivity contribution < 1.29 is 4.79 Å². The summed E-state index contributed by atoms with van der Waals surface area (Å²) in [6.07, 6.45) is 4.17. The number of aldehydes is 1. The molecule has 2 aromatic rings. The maximum Gasteiger partial charge on any atom is 0.170 e. The highest BCUT2D eigenvalue weighted by Gasteiger charge is 2.20. The fourth-order valence-electron chi connectivity index (χ4n) is 2.59. The first-order valence-corrected chi connectivity index (χ1v) is 6.41. The summed E-state index contributed by atoms with van der Waals surface area (Å²) < 4.78 is 2.21. The third-order valence-corrected chi connectivity index (χ3v) is 3.57. The van der Waals surface area contributed by atoms with Gasteiger partial charge in [-0.3, -0.25) is 4.79 Å². The van der Waals surface area contributed by atoms with Gasteiger partial charge in [0.25, 0.3) is 0 Å². The normalized spacial score (nSPS) is 14.3. The van der Waals surface area contributed by atoms with Crippen molar-refractivity contribution in [1.82, 2.24) is 9.55 Å². The molecule has 1 aliphatic rings.